The van der Waals surface area contributed by atoms with Crippen molar-refractivity contribution in [2.45, 2.75) is 17.9 Å². The third-order valence-corrected chi connectivity index (χ3v) is 2.63. The number of aliphatic carboxylic acids is 1. The van der Waals surface area contributed by atoms with Crippen molar-refractivity contribution >= 4 is 17.7 Å². The quantitative estimate of drug-likeness (QED) is 0.749. The van der Waals surface area contributed by atoms with E-state index in [1.165, 1.54) is 0 Å². The first kappa shape index (κ1) is 11.1. The third kappa shape index (κ3) is 2.75. The molecule has 0 aliphatic heterocycles. The van der Waals surface area contributed by atoms with E-state index in [1.54, 1.807) is 23.9 Å². The summed E-state index contributed by atoms with van der Waals surface area (Å²) in [5, 5.41) is 17.8. The van der Waals surface area contributed by atoms with Crippen LogP contribution in [-0.4, -0.2) is 21.9 Å². The lowest BCUT2D eigenvalue weighted by molar-refractivity contribution is -0.146. The Labute approximate surface area is 86.8 Å². The Morgan fingerprint density at radius 3 is 2.43 bits per heavy atom. The highest BCUT2D eigenvalue weighted by molar-refractivity contribution is 7.99. The van der Waals surface area contributed by atoms with E-state index in [-0.39, 0.29) is 0 Å². The Morgan fingerprint density at radius 1 is 1.43 bits per heavy atom. The van der Waals surface area contributed by atoms with Crippen LogP contribution in [0.25, 0.3) is 0 Å². The minimum absolute atomic E-state index is 0.415. The molecule has 2 N–H and O–H groups in total. The van der Waals surface area contributed by atoms with Crippen molar-refractivity contribution in [1.29, 1.82) is 0 Å². The van der Waals surface area contributed by atoms with Crippen molar-refractivity contribution < 1.29 is 15.0 Å². The summed E-state index contributed by atoms with van der Waals surface area (Å²) in [5.41, 5.74) is 0.415. The minimum atomic E-state index is -1.42. The summed E-state index contributed by atoms with van der Waals surface area (Å²) in [6.45, 7) is 2.05. The average Bonchev–Trinajstić information content (AvgIpc) is 2.18. The van der Waals surface area contributed by atoms with Gasteiger partial charge in [-0.05, 0) is 23.4 Å². The molecule has 0 radical (unpaired) electrons. The van der Waals surface area contributed by atoms with Gasteiger partial charge in [-0.1, -0.05) is 19.1 Å². The Morgan fingerprint density at radius 2 is 2.00 bits per heavy atom. The van der Waals surface area contributed by atoms with Gasteiger partial charge in [0, 0.05) is 4.90 Å². The van der Waals surface area contributed by atoms with Crippen molar-refractivity contribution in [1.82, 2.24) is 0 Å². The van der Waals surface area contributed by atoms with Gasteiger partial charge in [-0.3, -0.25) is 0 Å². The lowest BCUT2D eigenvalue weighted by atomic mass is 10.1. The molecule has 1 aromatic carbocycles. The Bertz CT molecular complexity index is 308. The fourth-order valence-corrected chi connectivity index (χ4v) is 1.72. The highest BCUT2D eigenvalue weighted by atomic mass is 32.2. The molecule has 0 amide bonds. The largest absolute Gasteiger partial charge is 0.479 e. The molecule has 1 rings (SSSR count). The lowest BCUT2D eigenvalue weighted by Gasteiger charge is -2.06. The number of aliphatic hydroxyl groups excluding tert-OH is 1. The van der Waals surface area contributed by atoms with Gasteiger partial charge in [-0.15, -0.1) is 11.8 Å². The van der Waals surface area contributed by atoms with E-state index in [0.717, 1.165) is 10.6 Å². The zero-order valence-electron chi connectivity index (χ0n) is 7.80. The number of aliphatic hydroxyl groups is 1. The maximum Gasteiger partial charge on any atom is 0.337 e. The molecule has 0 saturated heterocycles. The molecule has 1 aromatic rings. The molecule has 1 atom stereocenters. The third-order valence-electron chi connectivity index (χ3n) is 1.74. The number of rotatable bonds is 4. The summed E-state index contributed by atoms with van der Waals surface area (Å²) in [4.78, 5) is 11.5. The maximum absolute atomic E-state index is 10.5. The summed E-state index contributed by atoms with van der Waals surface area (Å²) < 4.78 is 0. The fourth-order valence-electron chi connectivity index (χ4n) is 1.06. The topological polar surface area (TPSA) is 57.5 Å². The number of thioether (sulfide) groups is 1. The molecule has 0 saturated carbocycles. The summed E-state index contributed by atoms with van der Waals surface area (Å²) in [5.74, 6) is -0.248. The number of carboxylic acid groups (broad SMARTS) is 1. The normalized spacial score (nSPS) is 12.4. The molecule has 0 aliphatic rings. The second-order valence-electron chi connectivity index (χ2n) is 2.74. The van der Waals surface area contributed by atoms with Gasteiger partial charge < -0.3 is 10.2 Å². The standard InChI is InChI=1S/C10H12O3S/c1-2-14-8-5-3-7(4-6-8)9(11)10(12)13/h3-6,9,11H,2H2,1H3,(H,12,13). The second kappa shape index (κ2) is 5.02. The second-order valence-corrected chi connectivity index (χ2v) is 4.08. The highest BCUT2D eigenvalue weighted by Gasteiger charge is 2.14. The van der Waals surface area contributed by atoms with E-state index >= 15 is 0 Å². The predicted molar refractivity (Wildman–Crippen MR) is 55.4 cm³/mol. The van der Waals surface area contributed by atoms with Crippen molar-refractivity contribution in [2.75, 3.05) is 5.75 Å². The first-order valence-corrected chi connectivity index (χ1v) is 5.27. The van der Waals surface area contributed by atoms with Crippen LogP contribution in [0.4, 0.5) is 0 Å². The molecule has 3 nitrogen and oxygen atoms in total. The zero-order valence-corrected chi connectivity index (χ0v) is 8.62. The first-order chi connectivity index (χ1) is 6.65. The number of carboxylic acids is 1. The van der Waals surface area contributed by atoms with E-state index < -0.39 is 12.1 Å². The monoisotopic (exact) mass is 212 g/mol. The molecule has 76 valence electrons. The Kier molecular flexibility index (Phi) is 3.98. The highest BCUT2D eigenvalue weighted by Crippen LogP contribution is 2.20. The summed E-state index contributed by atoms with van der Waals surface area (Å²) in [6, 6.07) is 6.90. The van der Waals surface area contributed by atoms with Crippen LogP contribution in [0.5, 0.6) is 0 Å². The fraction of sp³-hybridized carbons (Fsp3) is 0.300. The van der Waals surface area contributed by atoms with Gasteiger partial charge in [0.1, 0.15) is 0 Å². The van der Waals surface area contributed by atoms with Crippen molar-refractivity contribution in [2.24, 2.45) is 0 Å². The van der Waals surface area contributed by atoms with Crippen LogP contribution in [0, 0.1) is 0 Å². The van der Waals surface area contributed by atoms with Gasteiger partial charge in [-0.2, -0.15) is 0 Å². The van der Waals surface area contributed by atoms with Crippen LogP contribution < -0.4 is 0 Å². The Balaban J connectivity index is 2.77. The molecule has 0 spiro atoms. The van der Waals surface area contributed by atoms with E-state index in [9.17, 15) is 9.90 Å². The maximum atomic E-state index is 10.5. The van der Waals surface area contributed by atoms with Crippen molar-refractivity contribution in [3.05, 3.63) is 29.8 Å². The van der Waals surface area contributed by atoms with E-state index in [2.05, 4.69) is 0 Å². The minimum Gasteiger partial charge on any atom is -0.479 e. The van der Waals surface area contributed by atoms with E-state index in [0.29, 0.717) is 5.56 Å². The predicted octanol–water partition coefficient (Wildman–Crippen LogP) is 1.92. The van der Waals surface area contributed by atoms with Gasteiger partial charge >= 0.3 is 5.97 Å². The van der Waals surface area contributed by atoms with Crippen LogP contribution >= 0.6 is 11.8 Å². The molecule has 0 heterocycles. The molecule has 0 bridgehead atoms. The van der Waals surface area contributed by atoms with E-state index in [4.69, 9.17) is 5.11 Å². The van der Waals surface area contributed by atoms with Gasteiger partial charge in [-0.25, -0.2) is 4.79 Å². The van der Waals surface area contributed by atoms with Gasteiger partial charge in [0.05, 0.1) is 0 Å². The SMILES string of the molecule is CCSc1ccc(C(O)C(=O)O)cc1. The average molecular weight is 212 g/mol. The molecule has 0 fully saturated rings. The molecule has 0 aromatic heterocycles. The van der Waals surface area contributed by atoms with Crippen LogP contribution in [0.3, 0.4) is 0 Å². The van der Waals surface area contributed by atoms with Crippen molar-refractivity contribution in [3.63, 3.8) is 0 Å². The zero-order chi connectivity index (χ0) is 10.6. The molecule has 4 heteroatoms. The molecular weight excluding hydrogens is 200 g/mol. The lowest BCUT2D eigenvalue weighted by Crippen LogP contribution is -2.09. The van der Waals surface area contributed by atoms with E-state index in [1.807, 2.05) is 19.1 Å². The van der Waals surface area contributed by atoms with Gasteiger partial charge in [0.25, 0.3) is 0 Å². The van der Waals surface area contributed by atoms with Gasteiger partial charge in [0.2, 0.25) is 0 Å². The first-order valence-electron chi connectivity index (χ1n) is 4.28. The van der Waals surface area contributed by atoms with Crippen LogP contribution in [-0.2, 0) is 4.79 Å². The number of hydrogen-bond acceptors (Lipinski definition) is 3. The summed E-state index contributed by atoms with van der Waals surface area (Å²) in [7, 11) is 0. The number of benzene rings is 1. The molecule has 0 aliphatic carbocycles. The van der Waals surface area contributed by atoms with Crippen LogP contribution in [0.1, 0.15) is 18.6 Å². The summed E-state index contributed by atoms with van der Waals surface area (Å²) >= 11 is 1.68. The number of hydrogen-bond donors (Lipinski definition) is 2. The summed E-state index contributed by atoms with van der Waals surface area (Å²) in [6.07, 6.45) is -1.42. The van der Waals surface area contributed by atoms with Crippen molar-refractivity contribution in [3.8, 4) is 0 Å². The smallest absolute Gasteiger partial charge is 0.337 e. The Hall–Kier alpha value is -1.00. The molecule has 1 unspecified atom stereocenters. The number of carbonyl (C=O) groups is 1. The van der Waals surface area contributed by atoms with Crippen LogP contribution in [0.2, 0.25) is 0 Å². The molecule has 14 heavy (non-hydrogen) atoms. The molecular formula is C10H12O3S. The van der Waals surface area contributed by atoms with Gasteiger partial charge in [0.15, 0.2) is 6.10 Å². The van der Waals surface area contributed by atoms with Crippen LogP contribution in [0.15, 0.2) is 29.2 Å².